The number of nitrogens with one attached hydrogen (secondary N) is 1. The van der Waals surface area contributed by atoms with Gasteiger partial charge in [-0.05, 0) is 36.8 Å². The van der Waals surface area contributed by atoms with Gasteiger partial charge < -0.3 is 14.6 Å². The van der Waals surface area contributed by atoms with Crippen LogP contribution >= 0.6 is 0 Å². The van der Waals surface area contributed by atoms with Crippen LogP contribution in [0.5, 0.6) is 0 Å². The summed E-state index contributed by atoms with van der Waals surface area (Å²) in [5.41, 5.74) is 1.72. The second-order valence-electron chi connectivity index (χ2n) is 7.45. The third-order valence-corrected chi connectivity index (χ3v) is 5.41. The van der Waals surface area contributed by atoms with Crippen molar-refractivity contribution in [1.29, 1.82) is 0 Å². The molecule has 0 unspecified atom stereocenters. The smallest absolute Gasteiger partial charge is 0.257 e. The van der Waals surface area contributed by atoms with Gasteiger partial charge in [-0.25, -0.2) is 0 Å². The van der Waals surface area contributed by atoms with E-state index in [1.54, 1.807) is 11.0 Å². The van der Waals surface area contributed by atoms with Crippen LogP contribution in [0.3, 0.4) is 0 Å². The van der Waals surface area contributed by atoms with Crippen molar-refractivity contribution < 1.29 is 14.0 Å². The third-order valence-electron chi connectivity index (χ3n) is 5.41. The van der Waals surface area contributed by atoms with Crippen LogP contribution in [-0.2, 0) is 4.79 Å². The number of likely N-dealkylation sites (tertiary alicyclic amines) is 1. The van der Waals surface area contributed by atoms with Gasteiger partial charge in [-0.15, -0.1) is 0 Å². The molecule has 2 heterocycles. The van der Waals surface area contributed by atoms with Crippen molar-refractivity contribution >= 4 is 11.8 Å². The van der Waals surface area contributed by atoms with Crippen LogP contribution in [0.4, 0.5) is 0 Å². The second-order valence-corrected chi connectivity index (χ2v) is 7.45. The summed E-state index contributed by atoms with van der Waals surface area (Å²) in [6.07, 6.45) is 6.17. The van der Waals surface area contributed by atoms with Crippen LogP contribution in [0.1, 0.15) is 41.1 Å². The van der Waals surface area contributed by atoms with Gasteiger partial charge in [0.2, 0.25) is 5.91 Å². The Morgan fingerprint density at radius 2 is 1.92 bits per heavy atom. The normalized spacial score (nSPS) is 22.8. The molecule has 2 fully saturated rings. The van der Waals surface area contributed by atoms with E-state index in [2.05, 4.69) is 17.4 Å². The Balaban J connectivity index is 1.51. The quantitative estimate of drug-likeness (QED) is 0.900. The minimum Gasteiger partial charge on any atom is -0.472 e. The minimum atomic E-state index is -0.177. The molecule has 0 bridgehead atoms. The van der Waals surface area contributed by atoms with Crippen LogP contribution in [-0.4, -0.2) is 36.3 Å². The van der Waals surface area contributed by atoms with Crippen LogP contribution in [0.15, 0.2) is 53.3 Å². The lowest BCUT2D eigenvalue weighted by Gasteiger charge is -2.37. The summed E-state index contributed by atoms with van der Waals surface area (Å²) in [5, 5.41) is 3.09. The first-order chi connectivity index (χ1) is 12.7. The predicted octanol–water partition coefficient (Wildman–Crippen LogP) is 3.05. The number of benzene rings is 1. The standard InChI is InChI=1S/C21H24N2O3/c24-20(22-11-15-6-7-15)19-10-18(16-4-2-1-3-5-16)12-23(13-19)21(25)17-8-9-26-14-17/h1-5,8-9,14-15,18-19H,6-7,10-13H2,(H,22,24)/t18-,19-/m1/s1. The monoisotopic (exact) mass is 352 g/mol. The highest BCUT2D eigenvalue weighted by Gasteiger charge is 2.35. The molecule has 2 atom stereocenters. The van der Waals surface area contributed by atoms with Gasteiger partial charge in [0.1, 0.15) is 6.26 Å². The molecule has 5 heteroatoms. The number of hydrogen-bond acceptors (Lipinski definition) is 3. The number of amides is 2. The van der Waals surface area contributed by atoms with E-state index in [0.717, 1.165) is 13.0 Å². The summed E-state index contributed by atoms with van der Waals surface area (Å²) in [6, 6.07) is 11.8. The highest BCUT2D eigenvalue weighted by atomic mass is 16.3. The lowest BCUT2D eigenvalue weighted by Crippen LogP contribution is -2.48. The maximum absolute atomic E-state index is 12.8. The molecule has 1 saturated heterocycles. The zero-order valence-corrected chi connectivity index (χ0v) is 14.8. The largest absolute Gasteiger partial charge is 0.472 e. The van der Waals surface area contributed by atoms with Gasteiger partial charge in [-0.2, -0.15) is 0 Å². The van der Waals surface area contributed by atoms with Gasteiger partial charge >= 0.3 is 0 Å². The van der Waals surface area contributed by atoms with E-state index in [9.17, 15) is 9.59 Å². The molecule has 0 spiro atoms. The number of nitrogens with zero attached hydrogens (tertiary/aromatic N) is 1. The van der Waals surface area contributed by atoms with Crippen molar-refractivity contribution in [2.24, 2.45) is 11.8 Å². The molecule has 2 aromatic rings. The molecule has 1 N–H and O–H groups in total. The summed E-state index contributed by atoms with van der Waals surface area (Å²) in [6.45, 7) is 1.85. The van der Waals surface area contributed by atoms with Crippen molar-refractivity contribution in [3.05, 3.63) is 60.1 Å². The Hall–Kier alpha value is -2.56. The molecule has 2 amide bonds. The molecule has 5 nitrogen and oxygen atoms in total. The Kier molecular flexibility index (Phi) is 4.78. The molecule has 1 aliphatic carbocycles. The van der Waals surface area contributed by atoms with Crippen molar-refractivity contribution in [2.45, 2.75) is 25.2 Å². The SMILES string of the molecule is O=C(NCC1CC1)[C@@H]1C[C@@H](c2ccccc2)CN(C(=O)c2ccoc2)C1. The molecule has 1 saturated carbocycles. The van der Waals surface area contributed by atoms with Gasteiger partial charge in [-0.1, -0.05) is 30.3 Å². The summed E-state index contributed by atoms with van der Waals surface area (Å²) >= 11 is 0. The summed E-state index contributed by atoms with van der Waals surface area (Å²) < 4.78 is 5.06. The molecular weight excluding hydrogens is 328 g/mol. The van der Waals surface area contributed by atoms with Crippen LogP contribution in [0.25, 0.3) is 0 Å². The van der Waals surface area contributed by atoms with Gasteiger partial charge in [0, 0.05) is 25.6 Å². The average molecular weight is 352 g/mol. The summed E-state index contributed by atoms with van der Waals surface area (Å²) in [5.74, 6) is 0.638. The Morgan fingerprint density at radius 1 is 1.12 bits per heavy atom. The first kappa shape index (κ1) is 16.9. The van der Waals surface area contributed by atoms with Crippen molar-refractivity contribution in [1.82, 2.24) is 10.2 Å². The number of hydrogen-bond donors (Lipinski definition) is 1. The van der Waals surface area contributed by atoms with Crippen LogP contribution in [0.2, 0.25) is 0 Å². The second kappa shape index (κ2) is 7.36. The highest BCUT2D eigenvalue weighted by Crippen LogP contribution is 2.32. The molecule has 2 aliphatic rings. The number of carbonyl (C=O) groups is 2. The molecular formula is C21H24N2O3. The molecule has 0 radical (unpaired) electrons. The lowest BCUT2D eigenvalue weighted by molar-refractivity contribution is -0.126. The molecule has 1 aromatic heterocycles. The number of piperidine rings is 1. The van der Waals surface area contributed by atoms with E-state index in [0.29, 0.717) is 24.6 Å². The Morgan fingerprint density at radius 3 is 2.62 bits per heavy atom. The fourth-order valence-electron chi connectivity index (χ4n) is 3.70. The summed E-state index contributed by atoms with van der Waals surface area (Å²) in [7, 11) is 0. The van der Waals surface area contributed by atoms with E-state index in [4.69, 9.17) is 4.42 Å². The maximum Gasteiger partial charge on any atom is 0.257 e. The average Bonchev–Trinajstić information content (AvgIpc) is 3.36. The molecule has 26 heavy (non-hydrogen) atoms. The van der Waals surface area contributed by atoms with Crippen molar-refractivity contribution in [2.75, 3.05) is 19.6 Å². The fourth-order valence-corrected chi connectivity index (χ4v) is 3.70. The van der Waals surface area contributed by atoms with Gasteiger partial charge in [0.15, 0.2) is 0 Å². The zero-order chi connectivity index (χ0) is 17.9. The van der Waals surface area contributed by atoms with Gasteiger partial charge in [-0.3, -0.25) is 9.59 Å². The first-order valence-electron chi connectivity index (χ1n) is 9.35. The molecule has 4 rings (SSSR count). The Bertz CT molecular complexity index is 753. The van der Waals surface area contributed by atoms with E-state index in [1.165, 1.54) is 30.9 Å². The summed E-state index contributed by atoms with van der Waals surface area (Å²) in [4.78, 5) is 27.3. The topological polar surface area (TPSA) is 62.6 Å². The Labute approximate surface area is 153 Å². The van der Waals surface area contributed by atoms with Gasteiger partial charge in [0.05, 0.1) is 17.7 Å². The molecule has 1 aliphatic heterocycles. The van der Waals surface area contributed by atoms with Crippen molar-refractivity contribution in [3.8, 4) is 0 Å². The zero-order valence-electron chi connectivity index (χ0n) is 14.8. The number of rotatable bonds is 5. The van der Waals surface area contributed by atoms with Crippen LogP contribution in [0, 0.1) is 11.8 Å². The van der Waals surface area contributed by atoms with E-state index < -0.39 is 0 Å². The van der Waals surface area contributed by atoms with Gasteiger partial charge in [0.25, 0.3) is 5.91 Å². The first-order valence-corrected chi connectivity index (χ1v) is 9.35. The van der Waals surface area contributed by atoms with Crippen LogP contribution < -0.4 is 5.32 Å². The number of furan rings is 1. The predicted molar refractivity (Wildman–Crippen MR) is 97.6 cm³/mol. The van der Waals surface area contributed by atoms with Crippen molar-refractivity contribution in [3.63, 3.8) is 0 Å². The van der Waals surface area contributed by atoms with E-state index in [1.807, 2.05) is 18.2 Å². The van der Waals surface area contributed by atoms with E-state index >= 15 is 0 Å². The minimum absolute atomic E-state index is 0.0700. The molecule has 136 valence electrons. The van der Waals surface area contributed by atoms with E-state index in [-0.39, 0.29) is 23.7 Å². The highest BCUT2D eigenvalue weighted by molar-refractivity contribution is 5.94. The maximum atomic E-state index is 12.8. The third kappa shape index (κ3) is 3.82. The molecule has 1 aromatic carbocycles. The number of carbonyl (C=O) groups excluding carboxylic acids is 2. The fraction of sp³-hybridized carbons (Fsp3) is 0.429. The lowest BCUT2D eigenvalue weighted by atomic mass is 9.84.